The van der Waals surface area contributed by atoms with Crippen LogP contribution in [0.4, 0.5) is 5.95 Å². The third kappa shape index (κ3) is 1.94. The van der Waals surface area contributed by atoms with Gasteiger partial charge in [-0.1, -0.05) is 0 Å². The van der Waals surface area contributed by atoms with Gasteiger partial charge in [0.1, 0.15) is 0 Å². The second-order valence-corrected chi connectivity index (χ2v) is 2.62. The normalized spacial score (nSPS) is 9.67. The van der Waals surface area contributed by atoms with Crippen molar-refractivity contribution in [3.05, 3.63) is 5.28 Å². The minimum absolute atomic E-state index is 0.130. The van der Waals surface area contributed by atoms with Crippen LogP contribution in [-0.4, -0.2) is 36.2 Å². The summed E-state index contributed by atoms with van der Waals surface area (Å²) in [5, 5.41) is 0.130. The molecule has 0 fully saturated rings. The number of anilines is 1. The Morgan fingerprint density at radius 1 is 1.25 bits per heavy atom. The zero-order chi connectivity index (χ0) is 9.14. The lowest BCUT2D eigenvalue weighted by Gasteiger charge is -2.09. The Hall–Kier alpha value is -1.10. The smallest absolute Gasteiger partial charge is 0.322 e. The molecule has 0 amide bonds. The lowest BCUT2D eigenvalue weighted by molar-refractivity contribution is 0.378. The molecule has 0 N–H and O–H groups in total. The molecule has 1 rings (SSSR count). The van der Waals surface area contributed by atoms with Crippen LogP contribution in [0.2, 0.25) is 5.28 Å². The highest BCUT2D eigenvalue weighted by Gasteiger charge is 2.05. The Morgan fingerprint density at radius 3 is 2.42 bits per heavy atom. The second kappa shape index (κ2) is 3.53. The Morgan fingerprint density at radius 2 is 1.92 bits per heavy atom. The van der Waals surface area contributed by atoms with E-state index in [2.05, 4.69) is 15.0 Å². The quantitative estimate of drug-likeness (QED) is 0.681. The number of hydrogen-bond acceptors (Lipinski definition) is 5. The third-order valence-electron chi connectivity index (χ3n) is 1.16. The topological polar surface area (TPSA) is 51.1 Å². The Balaban J connectivity index is 3.06. The molecule has 0 aliphatic carbocycles. The first-order valence-corrected chi connectivity index (χ1v) is 3.64. The van der Waals surface area contributed by atoms with Crippen LogP contribution in [0.5, 0.6) is 6.01 Å². The molecular weight excluding hydrogens is 180 g/mol. The van der Waals surface area contributed by atoms with Crippen molar-refractivity contribution >= 4 is 17.5 Å². The molecule has 5 nitrogen and oxygen atoms in total. The lowest BCUT2D eigenvalue weighted by Crippen LogP contribution is -2.13. The standard InChI is InChI=1S/C6H9ClN4O/c1-11(2)5-8-4(7)9-6(10-5)12-3/h1-3H3. The maximum absolute atomic E-state index is 5.60. The first-order valence-electron chi connectivity index (χ1n) is 3.26. The third-order valence-corrected chi connectivity index (χ3v) is 1.33. The molecule has 0 spiro atoms. The molecule has 12 heavy (non-hydrogen) atoms. The van der Waals surface area contributed by atoms with Crippen molar-refractivity contribution in [1.82, 2.24) is 15.0 Å². The monoisotopic (exact) mass is 188 g/mol. The summed E-state index contributed by atoms with van der Waals surface area (Å²) in [6, 6.07) is 0.221. The Bertz CT molecular complexity index is 278. The summed E-state index contributed by atoms with van der Waals surface area (Å²) >= 11 is 5.60. The summed E-state index contributed by atoms with van der Waals surface area (Å²) in [6.45, 7) is 0. The van der Waals surface area contributed by atoms with E-state index in [9.17, 15) is 0 Å². The van der Waals surface area contributed by atoms with Crippen molar-refractivity contribution in [3.8, 4) is 6.01 Å². The van der Waals surface area contributed by atoms with Crippen LogP contribution in [0.1, 0.15) is 0 Å². The van der Waals surface area contributed by atoms with Gasteiger partial charge in [0, 0.05) is 14.1 Å². The minimum atomic E-state index is 0.130. The van der Waals surface area contributed by atoms with E-state index in [1.54, 1.807) is 4.90 Å². The number of aromatic nitrogens is 3. The van der Waals surface area contributed by atoms with E-state index >= 15 is 0 Å². The highest BCUT2D eigenvalue weighted by Crippen LogP contribution is 2.11. The van der Waals surface area contributed by atoms with Gasteiger partial charge in [0.15, 0.2) is 0 Å². The largest absolute Gasteiger partial charge is 0.467 e. The van der Waals surface area contributed by atoms with Crippen LogP contribution < -0.4 is 9.64 Å². The maximum Gasteiger partial charge on any atom is 0.322 e. The van der Waals surface area contributed by atoms with Crippen LogP contribution in [0.25, 0.3) is 0 Å². The molecule has 1 aromatic rings. The van der Waals surface area contributed by atoms with Crippen LogP contribution in [0, 0.1) is 0 Å². The highest BCUT2D eigenvalue weighted by atomic mass is 35.5. The predicted molar refractivity (Wildman–Crippen MR) is 45.7 cm³/mol. The molecule has 0 radical (unpaired) electrons. The summed E-state index contributed by atoms with van der Waals surface area (Å²) in [4.78, 5) is 13.3. The number of hydrogen-bond donors (Lipinski definition) is 0. The number of nitrogens with zero attached hydrogens (tertiary/aromatic N) is 4. The molecule has 0 saturated carbocycles. The van der Waals surface area contributed by atoms with Crippen molar-refractivity contribution in [2.75, 3.05) is 26.1 Å². The van der Waals surface area contributed by atoms with Crippen molar-refractivity contribution in [2.24, 2.45) is 0 Å². The molecule has 0 aliphatic heterocycles. The maximum atomic E-state index is 5.60. The first-order chi connectivity index (χ1) is 5.63. The fourth-order valence-electron chi connectivity index (χ4n) is 0.613. The van der Waals surface area contributed by atoms with Crippen molar-refractivity contribution < 1.29 is 4.74 Å². The first kappa shape index (κ1) is 8.99. The molecule has 1 heterocycles. The van der Waals surface area contributed by atoms with E-state index in [1.807, 2.05) is 14.1 Å². The van der Waals surface area contributed by atoms with E-state index in [0.29, 0.717) is 5.95 Å². The lowest BCUT2D eigenvalue weighted by atomic mass is 10.8. The van der Waals surface area contributed by atoms with E-state index in [-0.39, 0.29) is 11.3 Å². The van der Waals surface area contributed by atoms with E-state index in [0.717, 1.165) is 0 Å². The molecule has 0 saturated heterocycles. The number of methoxy groups -OCH3 is 1. The summed E-state index contributed by atoms with van der Waals surface area (Å²) in [5.74, 6) is 0.479. The van der Waals surface area contributed by atoms with Gasteiger partial charge < -0.3 is 9.64 Å². The fraction of sp³-hybridized carbons (Fsp3) is 0.500. The predicted octanol–water partition coefficient (Wildman–Crippen LogP) is 0.600. The fourth-order valence-corrected chi connectivity index (χ4v) is 0.761. The number of rotatable bonds is 2. The SMILES string of the molecule is COc1nc(Cl)nc(N(C)C)n1. The van der Waals surface area contributed by atoms with Crippen LogP contribution in [-0.2, 0) is 0 Å². The molecule has 0 aromatic carbocycles. The summed E-state index contributed by atoms with van der Waals surface area (Å²) in [5.41, 5.74) is 0. The molecular formula is C6H9ClN4O. The zero-order valence-corrected chi connectivity index (χ0v) is 7.83. The van der Waals surface area contributed by atoms with E-state index in [4.69, 9.17) is 16.3 Å². The molecule has 0 bridgehead atoms. The molecule has 66 valence electrons. The van der Waals surface area contributed by atoms with Crippen LogP contribution in [0.15, 0.2) is 0 Å². The summed E-state index contributed by atoms with van der Waals surface area (Å²) in [7, 11) is 5.10. The van der Waals surface area contributed by atoms with Gasteiger partial charge in [0.05, 0.1) is 7.11 Å². The van der Waals surface area contributed by atoms with E-state index in [1.165, 1.54) is 7.11 Å². The summed E-state index contributed by atoms with van der Waals surface area (Å²) in [6.07, 6.45) is 0. The van der Waals surface area contributed by atoms with E-state index < -0.39 is 0 Å². The molecule has 0 unspecified atom stereocenters. The van der Waals surface area contributed by atoms with Gasteiger partial charge in [0.2, 0.25) is 11.2 Å². The number of halogens is 1. The second-order valence-electron chi connectivity index (χ2n) is 2.29. The average molecular weight is 189 g/mol. The van der Waals surface area contributed by atoms with Gasteiger partial charge in [-0.05, 0) is 11.6 Å². The van der Waals surface area contributed by atoms with Crippen LogP contribution in [0.3, 0.4) is 0 Å². The minimum Gasteiger partial charge on any atom is -0.467 e. The van der Waals surface area contributed by atoms with Crippen molar-refractivity contribution in [1.29, 1.82) is 0 Å². The molecule has 0 aliphatic rings. The molecule has 0 atom stereocenters. The molecule has 6 heteroatoms. The van der Waals surface area contributed by atoms with Gasteiger partial charge >= 0.3 is 6.01 Å². The summed E-state index contributed by atoms with van der Waals surface area (Å²) < 4.78 is 4.81. The van der Waals surface area contributed by atoms with Crippen molar-refractivity contribution in [2.45, 2.75) is 0 Å². The van der Waals surface area contributed by atoms with Gasteiger partial charge in [-0.3, -0.25) is 0 Å². The molecule has 1 aromatic heterocycles. The Kier molecular flexibility index (Phi) is 2.65. The average Bonchev–Trinajstić information content (AvgIpc) is 2.03. The number of ether oxygens (including phenoxy) is 1. The zero-order valence-electron chi connectivity index (χ0n) is 7.08. The van der Waals surface area contributed by atoms with Crippen LogP contribution >= 0.6 is 11.6 Å². The van der Waals surface area contributed by atoms with Gasteiger partial charge in [-0.2, -0.15) is 15.0 Å². The van der Waals surface area contributed by atoms with Gasteiger partial charge in [-0.25, -0.2) is 0 Å². The van der Waals surface area contributed by atoms with Crippen molar-refractivity contribution in [3.63, 3.8) is 0 Å². The Labute approximate surface area is 75.4 Å². The highest BCUT2D eigenvalue weighted by molar-refractivity contribution is 6.28. The van der Waals surface area contributed by atoms with Gasteiger partial charge in [-0.15, -0.1) is 0 Å². The van der Waals surface area contributed by atoms with Gasteiger partial charge in [0.25, 0.3) is 0 Å².